The molecule has 1 aromatic rings. The topological polar surface area (TPSA) is 38.4 Å². The molecule has 0 aliphatic heterocycles. The van der Waals surface area contributed by atoms with Crippen molar-refractivity contribution in [3.63, 3.8) is 0 Å². The third kappa shape index (κ3) is 1.71. The van der Waals surface area contributed by atoms with Gasteiger partial charge in [0.15, 0.2) is 0 Å². The molecule has 2 N–H and O–H groups in total. The molecule has 0 amide bonds. The van der Waals surface area contributed by atoms with E-state index < -0.39 is 0 Å². The number of benzene rings is 1. The first-order chi connectivity index (χ1) is 5.25. The van der Waals surface area contributed by atoms with Crippen molar-refractivity contribution in [1.29, 1.82) is 0 Å². The molecule has 1 rings (SSSR count). The van der Waals surface area contributed by atoms with Crippen molar-refractivity contribution < 1.29 is 0 Å². The van der Waals surface area contributed by atoms with Crippen LogP contribution in [0.2, 0.25) is 5.02 Å². The number of hydrogen-bond acceptors (Lipinski definition) is 2. The summed E-state index contributed by atoms with van der Waals surface area (Å²) in [6.07, 6.45) is 0. The van der Waals surface area contributed by atoms with Crippen molar-refractivity contribution in [2.24, 2.45) is 10.9 Å². The Morgan fingerprint density at radius 3 is 2.64 bits per heavy atom. The second-order valence-electron chi connectivity index (χ2n) is 2.19. The van der Waals surface area contributed by atoms with Crippen LogP contribution in [0.5, 0.6) is 0 Å². The lowest BCUT2D eigenvalue weighted by Gasteiger charge is -2.00. The average Bonchev–Trinajstić information content (AvgIpc) is 2.04. The zero-order chi connectivity index (χ0) is 8.27. The van der Waals surface area contributed by atoms with Crippen LogP contribution in [-0.4, -0.2) is 5.71 Å². The summed E-state index contributed by atoms with van der Waals surface area (Å²) in [6.45, 7) is 1.82. The minimum Gasteiger partial charge on any atom is -0.323 e. The van der Waals surface area contributed by atoms with Crippen molar-refractivity contribution in [2.45, 2.75) is 6.92 Å². The fourth-order valence-electron chi connectivity index (χ4n) is 0.824. The Balaban J connectivity index is 3.14. The molecule has 0 fully saturated rings. The van der Waals surface area contributed by atoms with Gasteiger partial charge < -0.3 is 5.84 Å². The summed E-state index contributed by atoms with van der Waals surface area (Å²) in [6, 6.07) is 7.46. The van der Waals surface area contributed by atoms with Gasteiger partial charge in [0, 0.05) is 10.6 Å². The fourth-order valence-corrected chi connectivity index (χ4v) is 1.10. The normalized spacial score (nSPS) is 11.6. The highest BCUT2D eigenvalue weighted by Crippen LogP contribution is 2.15. The summed E-state index contributed by atoms with van der Waals surface area (Å²) in [5.74, 6) is 5.10. The fraction of sp³-hybridized carbons (Fsp3) is 0.125. The highest BCUT2D eigenvalue weighted by Gasteiger charge is 2.00. The molecule has 3 heteroatoms. The third-order valence-electron chi connectivity index (χ3n) is 1.46. The van der Waals surface area contributed by atoms with Gasteiger partial charge in [0.2, 0.25) is 0 Å². The molecule has 0 atom stereocenters. The first-order valence-electron chi connectivity index (χ1n) is 3.25. The van der Waals surface area contributed by atoms with Crippen LogP contribution in [-0.2, 0) is 0 Å². The number of halogens is 1. The summed E-state index contributed by atoms with van der Waals surface area (Å²) in [5, 5.41) is 4.23. The van der Waals surface area contributed by atoms with E-state index in [0.717, 1.165) is 11.3 Å². The van der Waals surface area contributed by atoms with Crippen LogP contribution in [0.25, 0.3) is 0 Å². The molecular weight excluding hydrogens is 160 g/mol. The Labute approximate surface area is 70.7 Å². The number of hydrogen-bond donors (Lipinski definition) is 1. The van der Waals surface area contributed by atoms with Gasteiger partial charge in [-0.15, -0.1) is 0 Å². The van der Waals surface area contributed by atoms with Gasteiger partial charge in [-0.1, -0.05) is 29.8 Å². The smallest absolute Gasteiger partial charge is 0.0656 e. The minimum absolute atomic E-state index is 0.680. The van der Waals surface area contributed by atoms with Gasteiger partial charge in [0.25, 0.3) is 0 Å². The van der Waals surface area contributed by atoms with Crippen LogP contribution < -0.4 is 5.84 Å². The van der Waals surface area contributed by atoms with E-state index in [1.54, 1.807) is 0 Å². The molecule has 0 spiro atoms. The second-order valence-corrected chi connectivity index (χ2v) is 2.60. The van der Waals surface area contributed by atoms with Crippen molar-refractivity contribution in [3.05, 3.63) is 34.9 Å². The maximum atomic E-state index is 5.86. The molecule has 0 bridgehead atoms. The van der Waals surface area contributed by atoms with E-state index in [1.807, 2.05) is 31.2 Å². The van der Waals surface area contributed by atoms with E-state index in [4.69, 9.17) is 17.4 Å². The Morgan fingerprint density at radius 1 is 1.45 bits per heavy atom. The zero-order valence-corrected chi connectivity index (χ0v) is 6.97. The zero-order valence-electron chi connectivity index (χ0n) is 6.21. The molecule has 0 unspecified atom stereocenters. The van der Waals surface area contributed by atoms with E-state index in [-0.39, 0.29) is 0 Å². The predicted octanol–water partition coefficient (Wildman–Crippen LogP) is 2.02. The SMILES string of the molecule is C/C(=N\N)c1ccccc1Cl. The van der Waals surface area contributed by atoms with Crippen molar-refractivity contribution in [2.75, 3.05) is 0 Å². The molecule has 2 nitrogen and oxygen atoms in total. The Morgan fingerprint density at radius 2 is 2.09 bits per heavy atom. The summed E-state index contributed by atoms with van der Waals surface area (Å²) >= 11 is 5.86. The average molecular weight is 169 g/mol. The summed E-state index contributed by atoms with van der Waals surface area (Å²) in [5.41, 5.74) is 1.63. The first-order valence-corrected chi connectivity index (χ1v) is 3.63. The van der Waals surface area contributed by atoms with Gasteiger partial charge in [-0.3, -0.25) is 0 Å². The van der Waals surface area contributed by atoms with E-state index >= 15 is 0 Å². The lowest BCUT2D eigenvalue weighted by molar-refractivity contribution is 1.24. The molecule has 0 aliphatic rings. The lowest BCUT2D eigenvalue weighted by atomic mass is 10.1. The van der Waals surface area contributed by atoms with Gasteiger partial charge in [-0.05, 0) is 13.0 Å². The van der Waals surface area contributed by atoms with E-state index in [9.17, 15) is 0 Å². The van der Waals surface area contributed by atoms with Crippen molar-refractivity contribution in [3.8, 4) is 0 Å². The second kappa shape index (κ2) is 3.39. The molecule has 1 aromatic carbocycles. The van der Waals surface area contributed by atoms with Crippen LogP contribution in [0.15, 0.2) is 29.4 Å². The largest absolute Gasteiger partial charge is 0.323 e. The van der Waals surface area contributed by atoms with E-state index in [0.29, 0.717) is 5.02 Å². The maximum absolute atomic E-state index is 5.86. The number of nitrogens with zero attached hydrogens (tertiary/aromatic N) is 1. The van der Waals surface area contributed by atoms with Gasteiger partial charge in [0.1, 0.15) is 0 Å². The van der Waals surface area contributed by atoms with Crippen LogP contribution in [0.1, 0.15) is 12.5 Å². The van der Waals surface area contributed by atoms with Crippen molar-refractivity contribution in [1.82, 2.24) is 0 Å². The monoisotopic (exact) mass is 168 g/mol. The molecule has 0 saturated heterocycles. The molecule has 0 aromatic heterocycles. The number of hydrazone groups is 1. The lowest BCUT2D eigenvalue weighted by Crippen LogP contribution is -1.98. The molecule has 58 valence electrons. The molecular formula is C8H9ClN2. The first kappa shape index (κ1) is 8.08. The highest BCUT2D eigenvalue weighted by molar-refractivity contribution is 6.34. The van der Waals surface area contributed by atoms with Gasteiger partial charge in [-0.25, -0.2) is 0 Å². The number of nitrogens with two attached hydrogens (primary N) is 1. The van der Waals surface area contributed by atoms with Crippen LogP contribution >= 0.6 is 11.6 Å². The molecule has 0 radical (unpaired) electrons. The Kier molecular flexibility index (Phi) is 2.49. The summed E-state index contributed by atoms with van der Waals surface area (Å²) < 4.78 is 0. The number of rotatable bonds is 1. The van der Waals surface area contributed by atoms with Crippen LogP contribution in [0.4, 0.5) is 0 Å². The van der Waals surface area contributed by atoms with Gasteiger partial charge >= 0.3 is 0 Å². The summed E-state index contributed by atoms with van der Waals surface area (Å²) in [4.78, 5) is 0. The molecule has 11 heavy (non-hydrogen) atoms. The van der Waals surface area contributed by atoms with Crippen molar-refractivity contribution >= 4 is 17.3 Å². The maximum Gasteiger partial charge on any atom is 0.0656 e. The standard InChI is InChI=1S/C8H9ClN2/c1-6(11-10)7-4-2-3-5-8(7)9/h2-5H,10H2,1H3/b11-6+. The third-order valence-corrected chi connectivity index (χ3v) is 1.79. The quantitative estimate of drug-likeness (QED) is 0.389. The van der Waals surface area contributed by atoms with E-state index in [1.165, 1.54) is 0 Å². The van der Waals surface area contributed by atoms with Gasteiger partial charge in [-0.2, -0.15) is 5.10 Å². The minimum atomic E-state index is 0.680. The van der Waals surface area contributed by atoms with Crippen LogP contribution in [0, 0.1) is 0 Å². The van der Waals surface area contributed by atoms with E-state index in [2.05, 4.69) is 5.10 Å². The predicted molar refractivity (Wildman–Crippen MR) is 47.9 cm³/mol. The van der Waals surface area contributed by atoms with Gasteiger partial charge in [0.05, 0.1) is 5.71 Å². The Bertz CT molecular complexity index is 281. The highest BCUT2D eigenvalue weighted by atomic mass is 35.5. The Hall–Kier alpha value is -1.02. The van der Waals surface area contributed by atoms with Crippen LogP contribution in [0.3, 0.4) is 0 Å². The molecule has 0 heterocycles. The summed E-state index contributed by atoms with van der Waals surface area (Å²) in [7, 11) is 0. The molecule has 0 saturated carbocycles. The molecule has 0 aliphatic carbocycles.